The van der Waals surface area contributed by atoms with Gasteiger partial charge >= 0.3 is 5.97 Å². The van der Waals surface area contributed by atoms with Crippen LogP contribution in [-0.2, 0) is 14.3 Å². The Morgan fingerprint density at radius 1 is 1.35 bits per heavy atom. The molecular formula is C15H17FO4. The minimum absolute atomic E-state index is 0.237. The molecule has 1 aliphatic carbocycles. The third-order valence-corrected chi connectivity index (χ3v) is 4.21. The second kappa shape index (κ2) is 4.53. The monoisotopic (exact) mass is 280 g/mol. The number of hydrogen-bond donors (Lipinski definition) is 1. The number of halogens is 1. The Balaban J connectivity index is 2.03. The van der Waals surface area contributed by atoms with E-state index in [0.29, 0.717) is 12.8 Å². The van der Waals surface area contributed by atoms with Gasteiger partial charge in [0.2, 0.25) is 0 Å². The summed E-state index contributed by atoms with van der Waals surface area (Å²) >= 11 is 0. The Hall–Kier alpha value is -1.46. The number of carboxylic acids is 1. The first-order valence-corrected chi connectivity index (χ1v) is 6.83. The third kappa shape index (κ3) is 1.93. The zero-order valence-corrected chi connectivity index (χ0v) is 11.3. The Labute approximate surface area is 116 Å². The Morgan fingerprint density at radius 3 is 2.60 bits per heavy atom. The summed E-state index contributed by atoms with van der Waals surface area (Å²) in [6.07, 6.45) is 2.24. The van der Waals surface area contributed by atoms with Crippen molar-refractivity contribution >= 4 is 5.97 Å². The van der Waals surface area contributed by atoms with Gasteiger partial charge in [-0.05, 0) is 25.8 Å². The zero-order valence-electron chi connectivity index (χ0n) is 11.3. The van der Waals surface area contributed by atoms with E-state index in [0.717, 1.165) is 12.8 Å². The van der Waals surface area contributed by atoms with Gasteiger partial charge in [-0.25, -0.2) is 9.18 Å². The largest absolute Gasteiger partial charge is 0.479 e. The van der Waals surface area contributed by atoms with E-state index in [9.17, 15) is 14.3 Å². The predicted molar refractivity (Wildman–Crippen MR) is 68.6 cm³/mol. The molecule has 0 aromatic heterocycles. The predicted octanol–water partition coefficient (Wildman–Crippen LogP) is 3.03. The highest BCUT2D eigenvalue weighted by atomic mass is 19.1. The van der Waals surface area contributed by atoms with Gasteiger partial charge in [0.25, 0.3) is 0 Å². The summed E-state index contributed by atoms with van der Waals surface area (Å²) < 4.78 is 25.7. The van der Waals surface area contributed by atoms with Crippen molar-refractivity contribution in [2.24, 2.45) is 0 Å². The average molecular weight is 280 g/mol. The first-order valence-electron chi connectivity index (χ1n) is 6.83. The van der Waals surface area contributed by atoms with E-state index >= 15 is 0 Å². The second-order valence-corrected chi connectivity index (χ2v) is 5.65. The van der Waals surface area contributed by atoms with E-state index in [4.69, 9.17) is 9.47 Å². The lowest BCUT2D eigenvalue weighted by atomic mass is 9.93. The lowest BCUT2D eigenvalue weighted by Crippen LogP contribution is -2.41. The molecule has 2 atom stereocenters. The topological polar surface area (TPSA) is 55.8 Å². The van der Waals surface area contributed by atoms with Crippen LogP contribution in [0.3, 0.4) is 0 Å². The molecule has 20 heavy (non-hydrogen) atoms. The molecule has 108 valence electrons. The van der Waals surface area contributed by atoms with Crippen molar-refractivity contribution < 1.29 is 23.8 Å². The molecule has 1 saturated heterocycles. The highest BCUT2D eigenvalue weighted by Gasteiger charge is 2.60. The molecule has 1 aromatic carbocycles. The fourth-order valence-electron chi connectivity index (χ4n) is 3.13. The lowest BCUT2D eigenvalue weighted by molar-refractivity contribution is -0.194. The van der Waals surface area contributed by atoms with Gasteiger partial charge in [0.15, 0.2) is 11.4 Å². The van der Waals surface area contributed by atoms with Crippen LogP contribution in [0.5, 0.6) is 0 Å². The number of aliphatic carboxylic acids is 1. The maximum atomic E-state index is 14.0. The Morgan fingerprint density at radius 2 is 2.00 bits per heavy atom. The number of ether oxygens (including phenoxy) is 2. The summed E-state index contributed by atoms with van der Waals surface area (Å²) in [5, 5.41) is 9.51. The van der Waals surface area contributed by atoms with Crippen molar-refractivity contribution in [3.63, 3.8) is 0 Å². The molecule has 0 radical (unpaired) electrons. The van der Waals surface area contributed by atoms with Crippen molar-refractivity contribution in [2.45, 2.75) is 50.1 Å². The van der Waals surface area contributed by atoms with E-state index in [1.807, 2.05) is 0 Å². The van der Waals surface area contributed by atoms with Gasteiger partial charge < -0.3 is 14.6 Å². The molecule has 1 saturated carbocycles. The van der Waals surface area contributed by atoms with E-state index in [1.165, 1.54) is 13.0 Å². The number of hydrogen-bond acceptors (Lipinski definition) is 3. The van der Waals surface area contributed by atoms with Crippen molar-refractivity contribution in [2.75, 3.05) is 0 Å². The lowest BCUT2D eigenvalue weighted by Gasteiger charge is -2.25. The van der Waals surface area contributed by atoms with Crippen LogP contribution in [0, 0.1) is 5.82 Å². The summed E-state index contributed by atoms with van der Waals surface area (Å²) in [6, 6.07) is 6.10. The summed E-state index contributed by atoms with van der Waals surface area (Å²) in [6.45, 7) is 1.46. The molecule has 2 fully saturated rings. The molecule has 1 spiro atoms. The molecule has 4 nitrogen and oxygen atoms in total. The fourth-order valence-corrected chi connectivity index (χ4v) is 3.13. The molecule has 0 amide bonds. The standard InChI is InChI=1S/C15H17FO4/c1-14(13(17)18)12(10-6-2-3-7-11(10)16)19-15(20-14)8-4-5-9-15/h2-3,6-7,12H,4-5,8-9H2,1H3,(H,17,18)/t12-,14+/m1/s1. The van der Waals surface area contributed by atoms with Crippen LogP contribution in [0.2, 0.25) is 0 Å². The fraction of sp³-hybridized carbons (Fsp3) is 0.533. The van der Waals surface area contributed by atoms with Crippen molar-refractivity contribution in [1.29, 1.82) is 0 Å². The molecule has 2 aliphatic rings. The Bertz CT molecular complexity index is 538. The number of rotatable bonds is 2. The second-order valence-electron chi connectivity index (χ2n) is 5.65. The van der Waals surface area contributed by atoms with Crippen LogP contribution in [-0.4, -0.2) is 22.5 Å². The van der Waals surface area contributed by atoms with Crippen LogP contribution in [0.25, 0.3) is 0 Å². The van der Waals surface area contributed by atoms with E-state index in [2.05, 4.69) is 0 Å². The van der Waals surface area contributed by atoms with Gasteiger partial charge in [-0.15, -0.1) is 0 Å². The molecule has 5 heteroatoms. The molecule has 1 aromatic rings. The van der Waals surface area contributed by atoms with Crippen LogP contribution in [0.4, 0.5) is 4.39 Å². The maximum absolute atomic E-state index is 14.0. The van der Waals surface area contributed by atoms with Crippen molar-refractivity contribution in [1.82, 2.24) is 0 Å². The summed E-state index contributed by atoms with van der Waals surface area (Å²) in [7, 11) is 0. The van der Waals surface area contributed by atoms with Crippen LogP contribution < -0.4 is 0 Å². The molecule has 3 rings (SSSR count). The molecule has 1 heterocycles. The van der Waals surface area contributed by atoms with E-state index in [1.54, 1.807) is 18.2 Å². The van der Waals surface area contributed by atoms with Gasteiger partial charge in [0.1, 0.15) is 11.9 Å². The smallest absolute Gasteiger partial charge is 0.338 e. The van der Waals surface area contributed by atoms with Gasteiger partial charge in [0.05, 0.1) is 0 Å². The number of carbonyl (C=O) groups is 1. The van der Waals surface area contributed by atoms with Gasteiger partial charge in [-0.3, -0.25) is 0 Å². The summed E-state index contributed by atoms with van der Waals surface area (Å²) in [5.74, 6) is -2.47. The van der Waals surface area contributed by atoms with Gasteiger partial charge in [0, 0.05) is 18.4 Å². The molecule has 1 aliphatic heterocycles. The van der Waals surface area contributed by atoms with Crippen LogP contribution in [0.15, 0.2) is 24.3 Å². The highest BCUT2D eigenvalue weighted by Crippen LogP contribution is 2.52. The van der Waals surface area contributed by atoms with Crippen molar-refractivity contribution in [3.05, 3.63) is 35.6 Å². The molecule has 0 unspecified atom stereocenters. The van der Waals surface area contributed by atoms with Crippen molar-refractivity contribution in [3.8, 4) is 0 Å². The van der Waals surface area contributed by atoms with Gasteiger partial charge in [-0.1, -0.05) is 18.2 Å². The highest BCUT2D eigenvalue weighted by molar-refractivity contribution is 5.78. The summed E-state index contributed by atoms with van der Waals surface area (Å²) in [4.78, 5) is 11.6. The number of benzene rings is 1. The normalized spacial score (nSPS) is 31.8. The molecule has 1 N–H and O–H groups in total. The van der Waals surface area contributed by atoms with E-state index in [-0.39, 0.29) is 5.56 Å². The first-order chi connectivity index (χ1) is 9.47. The SMILES string of the molecule is C[C@]1(C(=O)O)OC2(CCCC2)O[C@@H]1c1ccccc1F. The van der Waals surface area contributed by atoms with Crippen LogP contribution in [0.1, 0.15) is 44.3 Å². The maximum Gasteiger partial charge on any atom is 0.338 e. The van der Waals surface area contributed by atoms with Gasteiger partial charge in [-0.2, -0.15) is 0 Å². The van der Waals surface area contributed by atoms with E-state index < -0.39 is 29.3 Å². The number of carboxylic acid groups (broad SMARTS) is 1. The average Bonchev–Trinajstić information content (AvgIpc) is 2.97. The third-order valence-electron chi connectivity index (χ3n) is 4.21. The minimum Gasteiger partial charge on any atom is -0.479 e. The van der Waals surface area contributed by atoms with Crippen LogP contribution >= 0.6 is 0 Å². The Kier molecular flexibility index (Phi) is 3.06. The molecule has 0 bridgehead atoms. The quantitative estimate of drug-likeness (QED) is 0.904. The zero-order chi connectivity index (χ0) is 14.4. The summed E-state index contributed by atoms with van der Waals surface area (Å²) in [5.41, 5.74) is -1.33. The first kappa shape index (κ1) is 13.5. The molecular weight excluding hydrogens is 263 g/mol. The minimum atomic E-state index is -1.56.